The molecule has 0 N–H and O–H groups in total. The molecule has 1 aliphatic heterocycles. The predicted molar refractivity (Wildman–Crippen MR) is 99.4 cm³/mol. The van der Waals surface area contributed by atoms with E-state index in [-0.39, 0.29) is 24.7 Å². The van der Waals surface area contributed by atoms with E-state index < -0.39 is 22.8 Å². The first kappa shape index (κ1) is 19.9. The normalized spacial score (nSPS) is 17.4. The van der Waals surface area contributed by atoms with E-state index in [2.05, 4.69) is 0 Å². The molecule has 0 atom stereocenters. The van der Waals surface area contributed by atoms with Crippen molar-refractivity contribution >= 4 is 11.6 Å². The number of hydrogen-bond donors (Lipinski definition) is 0. The summed E-state index contributed by atoms with van der Waals surface area (Å²) >= 11 is 0. The lowest BCUT2D eigenvalue weighted by Gasteiger charge is -2.46. The van der Waals surface area contributed by atoms with Crippen molar-refractivity contribution in [3.05, 3.63) is 65.2 Å². The molecule has 4 nitrogen and oxygen atoms in total. The highest BCUT2D eigenvalue weighted by molar-refractivity contribution is 5.96. The van der Waals surface area contributed by atoms with Gasteiger partial charge < -0.3 is 4.90 Å². The number of hydrogen-bond acceptors (Lipinski definition) is 3. The first-order chi connectivity index (χ1) is 13.1. The number of amides is 1. The molecule has 1 heterocycles. The van der Waals surface area contributed by atoms with Gasteiger partial charge in [-0.25, -0.2) is 0 Å². The Kier molecular flexibility index (Phi) is 5.18. The third-order valence-corrected chi connectivity index (χ3v) is 4.99. The Morgan fingerprint density at radius 1 is 1.14 bits per heavy atom. The Hall–Kier alpha value is -2.85. The number of nitriles is 1. The monoisotopic (exact) mass is 387 g/mol. The van der Waals surface area contributed by atoms with Crippen molar-refractivity contribution in [1.82, 2.24) is 4.90 Å². The van der Waals surface area contributed by atoms with Crippen LogP contribution in [0.1, 0.15) is 30.5 Å². The third kappa shape index (κ3) is 4.02. The molecule has 0 unspecified atom stereocenters. The summed E-state index contributed by atoms with van der Waals surface area (Å²) in [4.78, 5) is 16.1. The Morgan fingerprint density at radius 2 is 1.82 bits per heavy atom. The second-order valence-corrected chi connectivity index (χ2v) is 7.47. The van der Waals surface area contributed by atoms with E-state index in [0.717, 1.165) is 17.7 Å². The largest absolute Gasteiger partial charge is 0.417 e. The zero-order valence-electron chi connectivity index (χ0n) is 15.6. The minimum atomic E-state index is -4.66. The molecule has 0 saturated carbocycles. The number of carbonyl (C=O) groups is 1. The van der Waals surface area contributed by atoms with Gasteiger partial charge in [-0.3, -0.25) is 9.69 Å². The summed E-state index contributed by atoms with van der Waals surface area (Å²) in [7, 11) is 0. The topological polar surface area (TPSA) is 47.3 Å². The standard InChI is InChI=1S/C21H20F3N3O/c1-20(2)14-27(17-9-8-16(11-25)18(10-17)21(22,23)24)19(28)13-26(20)12-15-6-4-3-5-7-15/h3-10H,12-14H2,1-2H3. The predicted octanol–water partition coefficient (Wildman–Crippen LogP) is 4.20. The van der Waals surface area contributed by atoms with E-state index in [4.69, 9.17) is 5.26 Å². The molecule has 3 rings (SSSR count). The average Bonchev–Trinajstić information content (AvgIpc) is 2.64. The van der Waals surface area contributed by atoms with E-state index >= 15 is 0 Å². The molecule has 1 fully saturated rings. The van der Waals surface area contributed by atoms with Crippen molar-refractivity contribution < 1.29 is 18.0 Å². The lowest BCUT2D eigenvalue weighted by atomic mass is 9.96. The SMILES string of the molecule is CC1(C)CN(c2ccc(C#N)c(C(F)(F)F)c2)C(=O)CN1Cc1ccccc1. The molecular formula is C21H20F3N3O. The van der Waals surface area contributed by atoms with Gasteiger partial charge in [-0.1, -0.05) is 30.3 Å². The van der Waals surface area contributed by atoms with Gasteiger partial charge in [0.15, 0.2) is 0 Å². The molecule has 1 amide bonds. The van der Waals surface area contributed by atoms with Gasteiger partial charge in [0.2, 0.25) is 5.91 Å². The molecule has 0 bridgehead atoms. The Morgan fingerprint density at radius 3 is 2.43 bits per heavy atom. The summed E-state index contributed by atoms with van der Waals surface area (Å²) in [5, 5.41) is 8.96. The van der Waals surface area contributed by atoms with Gasteiger partial charge in [0.25, 0.3) is 0 Å². The summed E-state index contributed by atoms with van der Waals surface area (Å²) in [6.07, 6.45) is -4.66. The van der Waals surface area contributed by atoms with E-state index in [1.807, 2.05) is 49.1 Å². The van der Waals surface area contributed by atoms with Gasteiger partial charge in [0.1, 0.15) is 0 Å². The van der Waals surface area contributed by atoms with Crippen LogP contribution in [0.15, 0.2) is 48.5 Å². The van der Waals surface area contributed by atoms with Gasteiger partial charge >= 0.3 is 6.18 Å². The molecular weight excluding hydrogens is 367 g/mol. The number of rotatable bonds is 3. The highest BCUT2D eigenvalue weighted by atomic mass is 19.4. The van der Waals surface area contributed by atoms with Crippen molar-refractivity contribution in [3.63, 3.8) is 0 Å². The van der Waals surface area contributed by atoms with Crippen LogP contribution in [0.3, 0.4) is 0 Å². The van der Waals surface area contributed by atoms with Gasteiger partial charge in [-0.2, -0.15) is 18.4 Å². The average molecular weight is 387 g/mol. The maximum absolute atomic E-state index is 13.3. The number of anilines is 1. The number of alkyl halides is 3. The molecule has 146 valence electrons. The van der Waals surface area contributed by atoms with Crippen LogP contribution in [-0.2, 0) is 17.5 Å². The van der Waals surface area contributed by atoms with Gasteiger partial charge in [0.05, 0.1) is 23.7 Å². The van der Waals surface area contributed by atoms with Crippen molar-refractivity contribution in [2.75, 3.05) is 18.0 Å². The minimum Gasteiger partial charge on any atom is -0.309 e. The number of piperazine rings is 1. The van der Waals surface area contributed by atoms with Crippen LogP contribution in [0.2, 0.25) is 0 Å². The molecule has 0 spiro atoms. The second-order valence-electron chi connectivity index (χ2n) is 7.47. The first-order valence-corrected chi connectivity index (χ1v) is 8.82. The fourth-order valence-electron chi connectivity index (χ4n) is 3.38. The molecule has 28 heavy (non-hydrogen) atoms. The number of halogens is 3. The smallest absolute Gasteiger partial charge is 0.309 e. The van der Waals surface area contributed by atoms with E-state index in [0.29, 0.717) is 6.54 Å². The zero-order valence-corrected chi connectivity index (χ0v) is 15.6. The van der Waals surface area contributed by atoms with Crippen LogP contribution in [-0.4, -0.2) is 29.4 Å². The summed E-state index contributed by atoms with van der Waals surface area (Å²) in [5.74, 6) is -0.270. The molecule has 0 radical (unpaired) electrons. The third-order valence-electron chi connectivity index (χ3n) is 4.99. The van der Waals surface area contributed by atoms with Crippen LogP contribution >= 0.6 is 0 Å². The van der Waals surface area contributed by atoms with Gasteiger partial charge in [0, 0.05) is 24.3 Å². The van der Waals surface area contributed by atoms with Crippen LogP contribution in [0.5, 0.6) is 0 Å². The number of nitrogens with zero attached hydrogens (tertiary/aromatic N) is 3. The van der Waals surface area contributed by atoms with Crippen LogP contribution < -0.4 is 4.90 Å². The molecule has 2 aromatic rings. The first-order valence-electron chi connectivity index (χ1n) is 8.82. The summed E-state index contributed by atoms with van der Waals surface area (Å²) in [5.41, 5.74) is -0.690. The Bertz CT molecular complexity index is 917. The van der Waals surface area contributed by atoms with E-state index in [9.17, 15) is 18.0 Å². The highest BCUT2D eigenvalue weighted by Gasteiger charge is 2.40. The van der Waals surface area contributed by atoms with Crippen molar-refractivity contribution in [1.29, 1.82) is 5.26 Å². The quantitative estimate of drug-likeness (QED) is 0.793. The number of benzene rings is 2. The molecule has 1 aliphatic rings. The van der Waals surface area contributed by atoms with E-state index in [1.165, 1.54) is 11.0 Å². The summed E-state index contributed by atoms with van der Waals surface area (Å²) in [6.45, 7) is 4.85. The van der Waals surface area contributed by atoms with Crippen LogP contribution in [0.4, 0.5) is 18.9 Å². The van der Waals surface area contributed by atoms with Crippen molar-refractivity contribution in [2.45, 2.75) is 32.1 Å². The maximum Gasteiger partial charge on any atom is 0.417 e. The molecule has 1 saturated heterocycles. The maximum atomic E-state index is 13.3. The lowest BCUT2D eigenvalue weighted by molar-refractivity contribution is -0.137. The molecule has 2 aromatic carbocycles. The second kappa shape index (κ2) is 7.28. The highest BCUT2D eigenvalue weighted by Crippen LogP contribution is 2.36. The number of carbonyl (C=O) groups excluding carboxylic acids is 1. The lowest BCUT2D eigenvalue weighted by Crippen LogP contribution is -2.61. The summed E-state index contributed by atoms with van der Waals surface area (Å²) < 4.78 is 39.8. The minimum absolute atomic E-state index is 0.100. The zero-order chi connectivity index (χ0) is 20.5. The summed E-state index contributed by atoms with van der Waals surface area (Å²) in [6, 6.07) is 14.7. The molecule has 0 aromatic heterocycles. The Balaban J connectivity index is 1.88. The van der Waals surface area contributed by atoms with Gasteiger partial charge in [-0.05, 0) is 37.6 Å². The fourth-order valence-corrected chi connectivity index (χ4v) is 3.38. The molecule has 0 aliphatic carbocycles. The van der Waals surface area contributed by atoms with Crippen molar-refractivity contribution in [2.24, 2.45) is 0 Å². The Labute approximate surface area is 161 Å². The van der Waals surface area contributed by atoms with Crippen LogP contribution in [0, 0.1) is 11.3 Å². The fraction of sp³-hybridized carbons (Fsp3) is 0.333. The van der Waals surface area contributed by atoms with E-state index in [1.54, 1.807) is 6.07 Å². The van der Waals surface area contributed by atoms with Gasteiger partial charge in [-0.15, -0.1) is 0 Å². The van der Waals surface area contributed by atoms with Crippen LogP contribution in [0.25, 0.3) is 0 Å². The van der Waals surface area contributed by atoms with Crippen molar-refractivity contribution in [3.8, 4) is 6.07 Å². The molecule has 7 heteroatoms.